The lowest BCUT2D eigenvalue weighted by Gasteiger charge is -2.14. The molecule has 0 amide bonds. The van der Waals surface area contributed by atoms with Crippen molar-refractivity contribution in [2.45, 2.75) is 16.8 Å². The fourth-order valence-corrected chi connectivity index (χ4v) is 2.56. The normalized spacial score (nSPS) is 26.2. The fraction of sp³-hybridized carbons (Fsp3) is 0.300. The zero-order chi connectivity index (χ0) is 9.64. The summed E-state index contributed by atoms with van der Waals surface area (Å²) in [6, 6.07) is 5.60. The summed E-state index contributed by atoms with van der Waals surface area (Å²) in [6.45, 7) is 2.08. The number of fused-ring (bicyclic) bond motifs is 1. The van der Waals surface area contributed by atoms with Gasteiger partial charge >= 0.3 is 0 Å². The maximum absolute atomic E-state index is 11.6. The highest BCUT2D eigenvalue weighted by Gasteiger charge is 2.37. The predicted octanol–water partition coefficient (Wildman–Crippen LogP) is 2.51. The van der Waals surface area contributed by atoms with Crippen molar-refractivity contribution in [1.82, 2.24) is 0 Å². The van der Waals surface area contributed by atoms with Crippen molar-refractivity contribution in [2.24, 2.45) is 0 Å². The van der Waals surface area contributed by atoms with E-state index in [1.54, 1.807) is 6.07 Å². The molecule has 1 aliphatic carbocycles. The minimum atomic E-state index is -0.0438. The first kappa shape index (κ1) is 8.99. The van der Waals surface area contributed by atoms with Crippen LogP contribution in [0.2, 0.25) is 0 Å². The number of nitrogen functional groups attached to an aromatic ring is 1. The Morgan fingerprint density at radius 1 is 1.54 bits per heavy atom. The van der Waals surface area contributed by atoms with Gasteiger partial charge in [-0.15, -0.1) is 0 Å². The van der Waals surface area contributed by atoms with Gasteiger partial charge in [-0.1, -0.05) is 28.7 Å². The molecule has 3 heteroatoms. The molecule has 1 aliphatic rings. The van der Waals surface area contributed by atoms with Crippen molar-refractivity contribution in [3.63, 3.8) is 0 Å². The van der Waals surface area contributed by atoms with E-state index in [4.69, 9.17) is 5.73 Å². The smallest absolute Gasteiger partial charge is 0.164 e. The molecule has 1 unspecified atom stereocenters. The predicted molar refractivity (Wildman–Crippen MR) is 61.2 cm³/mol. The second kappa shape index (κ2) is 2.70. The number of alkyl halides is 1. The summed E-state index contributed by atoms with van der Waals surface area (Å²) in [5.41, 5.74) is 8.22. The molecule has 1 aromatic carbocycles. The van der Waals surface area contributed by atoms with Crippen LogP contribution in [0.5, 0.6) is 0 Å². The van der Waals surface area contributed by atoms with Crippen LogP contribution in [0, 0.1) is 0 Å². The van der Waals surface area contributed by atoms with Crippen LogP contribution >= 0.6 is 22.6 Å². The SMILES string of the molecule is CC1(I)CC(=O)c2cc(N)ccc21. The number of benzene rings is 1. The average Bonchev–Trinajstić information content (AvgIpc) is 2.22. The van der Waals surface area contributed by atoms with Gasteiger partial charge in [-0.25, -0.2) is 0 Å². The summed E-state index contributed by atoms with van der Waals surface area (Å²) in [5.74, 6) is 0.208. The van der Waals surface area contributed by atoms with Crippen molar-refractivity contribution in [3.8, 4) is 0 Å². The Morgan fingerprint density at radius 2 is 2.23 bits per heavy atom. The van der Waals surface area contributed by atoms with Crippen LogP contribution < -0.4 is 5.73 Å². The van der Waals surface area contributed by atoms with Crippen LogP contribution in [-0.2, 0) is 3.42 Å². The van der Waals surface area contributed by atoms with Gasteiger partial charge in [0, 0.05) is 17.7 Å². The van der Waals surface area contributed by atoms with Gasteiger partial charge < -0.3 is 5.73 Å². The van der Waals surface area contributed by atoms with Crippen molar-refractivity contribution >= 4 is 34.1 Å². The number of anilines is 1. The van der Waals surface area contributed by atoms with Crippen molar-refractivity contribution in [2.75, 3.05) is 5.73 Å². The minimum Gasteiger partial charge on any atom is -0.399 e. The summed E-state index contributed by atoms with van der Waals surface area (Å²) in [6.07, 6.45) is 0.590. The number of carbonyl (C=O) groups excluding carboxylic acids is 1. The molecule has 1 aromatic rings. The van der Waals surface area contributed by atoms with Crippen LogP contribution in [0.15, 0.2) is 18.2 Å². The van der Waals surface area contributed by atoms with Gasteiger partial charge in [0.25, 0.3) is 0 Å². The van der Waals surface area contributed by atoms with E-state index >= 15 is 0 Å². The quantitative estimate of drug-likeness (QED) is 0.452. The van der Waals surface area contributed by atoms with Gasteiger partial charge in [-0.2, -0.15) is 0 Å². The number of halogens is 1. The van der Waals surface area contributed by atoms with Gasteiger partial charge in [-0.3, -0.25) is 4.79 Å². The van der Waals surface area contributed by atoms with Gasteiger partial charge in [0.2, 0.25) is 0 Å². The highest BCUT2D eigenvalue weighted by atomic mass is 127. The third kappa shape index (κ3) is 1.35. The maximum Gasteiger partial charge on any atom is 0.164 e. The Kier molecular flexibility index (Phi) is 1.87. The van der Waals surface area contributed by atoms with E-state index in [1.807, 2.05) is 12.1 Å². The van der Waals surface area contributed by atoms with Crippen LogP contribution in [0.4, 0.5) is 5.69 Å². The average molecular weight is 287 g/mol. The van der Waals surface area contributed by atoms with E-state index < -0.39 is 0 Å². The molecule has 0 fully saturated rings. The van der Waals surface area contributed by atoms with Crippen LogP contribution in [0.3, 0.4) is 0 Å². The highest BCUT2D eigenvalue weighted by molar-refractivity contribution is 14.1. The summed E-state index contributed by atoms with van der Waals surface area (Å²) < 4.78 is -0.0438. The van der Waals surface area contributed by atoms with E-state index in [-0.39, 0.29) is 9.20 Å². The Labute approximate surface area is 90.6 Å². The number of hydrogen-bond donors (Lipinski definition) is 1. The summed E-state index contributed by atoms with van der Waals surface area (Å²) >= 11 is 2.32. The first-order chi connectivity index (χ1) is 6.00. The summed E-state index contributed by atoms with van der Waals surface area (Å²) in [5, 5.41) is 0. The van der Waals surface area contributed by atoms with Crippen LogP contribution in [0.1, 0.15) is 29.3 Å². The first-order valence-electron chi connectivity index (χ1n) is 4.13. The molecule has 0 aliphatic heterocycles. The number of nitrogens with two attached hydrogens (primary N) is 1. The molecule has 0 heterocycles. The Bertz CT molecular complexity index is 385. The van der Waals surface area contributed by atoms with Crippen LogP contribution in [-0.4, -0.2) is 5.78 Å². The van der Waals surface area contributed by atoms with E-state index in [1.165, 1.54) is 0 Å². The third-order valence-electron chi connectivity index (χ3n) is 2.40. The highest BCUT2D eigenvalue weighted by Crippen LogP contribution is 2.44. The Hall–Kier alpha value is -0.580. The topological polar surface area (TPSA) is 43.1 Å². The van der Waals surface area contributed by atoms with Crippen molar-refractivity contribution in [1.29, 1.82) is 0 Å². The molecule has 2 N–H and O–H groups in total. The minimum absolute atomic E-state index is 0.0438. The molecule has 0 radical (unpaired) electrons. The molecule has 2 rings (SSSR count). The maximum atomic E-state index is 11.6. The number of Topliss-reactive ketones (excluding diaryl/α,β-unsaturated/α-hetero) is 1. The standard InChI is InChI=1S/C10H10INO/c1-10(11)5-9(13)7-4-6(12)2-3-8(7)10/h2-4H,5,12H2,1H3. The molecule has 0 bridgehead atoms. The number of hydrogen-bond acceptors (Lipinski definition) is 2. The molecule has 13 heavy (non-hydrogen) atoms. The lowest BCUT2D eigenvalue weighted by atomic mass is 10.0. The molecular formula is C10H10INO. The molecular weight excluding hydrogens is 277 g/mol. The van der Waals surface area contributed by atoms with E-state index in [2.05, 4.69) is 29.5 Å². The number of ketones is 1. The van der Waals surface area contributed by atoms with Crippen molar-refractivity contribution < 1.29 is 4.79 Å². The summed E-state index contributed by atoms with van der Waals surface area (Å²) in [4.78, 5) is 11.6. The molecule has 0 saturated carbocycles. The Balaban J connectivity index is 2.66. The van der Waals surface area contributed by atoms with E-state index in [9.17, 15) is 4.79 Å². The summed E-state index contributed by atoms with van der Waals surface area (Å²) in [7, 11) is 0. The molecule has 68 valence electrons. The Morgan fingerprint density at radius 3 is 2.92 bits per heavy atom. The number of carbonyl (C=O) groups is 1. The largest absolute Gasteiger partial charge is 0.399 e. The zero-order valence-corrected chi connectivity index (χ0v) is 9.46. The van der Waals surface area contributed by atoms with E-state index in [0.717, 1.165) is 11.1 Å². The fourth-order valence-electron chi connectivity index (χ4n) is 1.74. The first-order valence-corrected chi connectivity index (χ1v) is 5.21. The number of rotatable bonds is 0. The van der Waals surface area contributed by atoms with Gasteiger partial charge in [0.15, 0.2) is 5.78 Å². The lowest BCUT2D eigenvalue weighted by Crippen LogP contribution is -2.07. The molecule has 0 saturated heterocycles. The monoisotopic (exact) mass is 287 g/mol. The lowest BCUT2D eigenvalue weighted by molar-refractivity contribution is 0.0989. The van der Waals surface area contributed by atoms with Crippen LogP contribution in [0.25, 0.3) is 0 Å². The van der Waals surface area contributed by atoms with E-state index in [0.29, 0.717) is 12.1 Å². The van der Waals surface area contributed by atoms with Crippen molar-refractivity contribution in [3.05, 3.63) is 29.3 Å². The second-order valence-corrected chi connectivity index (χ2v) is 5.98. The molecule has 0 aromatic heterocycles. The zero-order valence-electron chi connectivity index (χ0n) is 7.30. The molecule has 1 atom stereocenters. The molecule has 2 nitrogen and oxygen atoms in total. The second-order valence-electron chi connectivity index (χ2n) is 3.60. The molecule has 0 spiro atoms. The van der Waals surface area contributed by atoms with Gasteiger partial charge in [0.05, 0.1) is 3.42 Å². The third-order valence-corrected chi connectivity index (χ3v) is 3.36. The van der Waals surface area contributed by atoms with Gasteiger partial charge in [-0.05, 0) is 24.6 Å². The van der Waals surface area contributed by atoms with Gasteiger partial charge in [0.1, 0.15) is 0 Å².